The first kappa shape index (κ1) is 17.4. The Morgan fingerprint density at radius 1 is 1.21 bits per heavy atom. The molecule has 5 rings (SSSR count). The number of ether oxygens (including phenoxy) is 1. The van der Waals surface area contributed by atoms with Gasteiger partial charge in [0.05, 0.1) is 21.6 Å². The molecule has 0 saturated carbocycles. The average molecular weight is 456 g/mol. The molecular formula is C20H14BrN3O3S. The molecule has 8 heteroatoms. The minimum absolute atomic E-state index is 0.0542. The van der Waals surface area contributed by atoms with E-state index in [0.29, 0.717) is 0 Å². The highest BCUT2D eigenvalue weighted by Gasteiger charge is 2.41. The van der Waals surface area contributed by atoms with Gasteiger partial charge >= 0.3 is 0 Å². The Kier molecular flexibility index (Phi) is 4.17. The highest BCUT2D eigenvalue weighted by atomic mass is 79.9. The van der Waals surface area contributed by atoms with E-state index in [-0.39, 0.29) is 11.7 Å². The maximum atomic E-state index is 11.0. The molecule has 0 aliphatic carbocycles. The SMILES string of the molecule is O=[N+]([O-])c1ccc([C@H]2Oc3ccc(Br)cc3[C@H]3CC(c4cccs4)=NN32)cc1. The van der Waals surface area contributed by atoms with Gasteiger partial charge in [0, 0.05) is 34.2 Å². The van der Waals surface area contributed by atoms with E-state index in [2.05, 4.69) is 28.1 Å². The molecule has 6 nitrogen and oxygen atoms in total. The van der Waals surface area contributed by atoms with Crippen molar-refractivity contribution in [2.75, 3.05) is 0 Å². The number of hydrazone groups is 1. The number of thiophene rings is 1. The lowest BCUT2D eigenvalue weighted by Gasteiger charge is -2.38. The summed E-state index contributed by atoms with van der Waals surface area (Å²) in [5.74, 6) is 0.815. The third-order valence-electron chi connectivity index (χ3n) is 4.95. The Morgan fingerprint density at radius 3 is 2.75 bits per heavy atom. The molecule has 0 saturated heterocycles. The van der Waals surface area contributed by atoms with Crippen molar-refractivity contribution in [2.45, 2.75) is 18.7 Å². The fourth-order valence-corrected chi connectivity index (χ4v) is 4.73. The van der Waals surface area contributed by atoms with Crippen LogP contribution in [0, 0.1) is 10.1 Å². The van der Waals surface area contributed by atoms with E-state index in [4.69, 9.17) is 9.84 Å². The van der Waals surface area contributed by atoms with Crippen LogP contribution in [0.3, 0.4) is 0 Å². The topological polar surface area (TPSA) is 68.0 Å². The van der Waals surface area contributed by atoms with Gasteiger partial charge in [-0.05, 0) is 41.8 Å². The van der Waals surface area contributed by atoms with Crippen molar-refractivity contribution in [3.05, 3.63) is 90.6 Å². The van der Waals surface area contributed by atoms with Crippen LogP contribution in [0.25, 0.3) is 0 Å². The zero-order valence-corrected chi connectivity index (χ0v) is 16.9. The monoisotopic (exact) mass is 455 g/mol. The number of nitro groups is 1. The van der Waals surface area contributed by atoms with Gasteiger partial charge in [0.1, 0.15) is 5.75 Å². The van der Waals surface area contributed by atoms with Gasteiger partial charge in [0.25, 0.3) is 5.69 Å². The number of hydrogen-bond acceptors (Lipinski definition) is 6. The van der Waals surface area contributed by atoms with Crippen LogP contribution < -0.4 is 4.74 Å². The zero-order chi connectivity index (χ0) is 19.3. The van der Waals surface area contributed by atoms with E-state index in [9.17, 15) is 10.1 Å². The van der Waals surface area contributed by atoms with E-state index < -0.39 is 11.2 Å². The molecule has 0 unspecified atom stereocenters. The number of rotatable bonds is 3. The molecule has 0 bridgehead atoms. The second-order valence-electron chi connectivity index (χ2n) is 6.62. The molecule has 3 aromatic rings. The van der Waals surface area contributed by atoms with Gasteiger partial charge in [0.2, 0.25) is 6.23 Å². The number of nitrogens with zero attached hydrogens (tertiary/aromatic N) is 3. The Bertz CT molecular complexity index is 1080. The predicted octanol–water partition coefficient (Wildman–Crippen LogP) is 5.66. The van der Waals surface area contributed by atoms with E-state index in [1.807, 2.05) is 28.6 Å². The summed E-state index contributed by atoms with van der Waals surface area (Å²) in [6.07, 6.45) is 0.355. The van der Waals surface area contributed by atoms with Crippen molar-refractivity contribution in [2.24, 2.45) is 5.10 Å². The van der Waals surface area contributed by atoms with Crippen LogP contribution in [-0.4, -0.2) is 15.6 Å². The average Bonchev–Trinajstić information content (AvgIpc) is 3.37. The number of benzene rings is 2. The molecule has 0 amide bonds. The predicted molar refractivity (Wildman–Crippen MR) is 111 cm³/mol. The second-order valence-corrected chi connectivity index (χ2v) is 8.49. The summed E-state index contributed by atoms with van der Waals surface area (Å²) < 4.78 is 7.28. The van der Waals surface area contributed by atoms with Gasteiger partial charge in [-0.1, -0.05) is 22.0 Å². The zero-order valence-electron chi connectivity index (χ0n) is 14.5. The van der Waals surface area contributed by atoms with Gasteiger partial charge in [0.15, 0.2) is 0 Å². The van der Waals surface area contributed by atoms with Gasteiger partial charge in [-0.15, -0.1) is 11.3 Å². The normalized spacial score (nSPS) is 20.2. The summed E-state index contributed by atoms with van der Waals surface area (Å²) in [5, 5.41) is 19.9. The van der Waals surface area contributed by atoms with Crippen LogP contribution in [0.15, 0.2) is 69.6 Å². The molecule has 2 aliphatic heterocycles. The summed E-state index contributed by atoms with van der Waals surface area (Å²) >= 11 is 5.22. The van der Waals surface area contributed by atoms with Crippen molar-refractivity contribution >= 4 is 38.7 Å². The minimum atomic E-state index is -0.433. The maximum Gasteiger partial charge on any atom is 0.269 e. The number of non-ortho nitro benzene ring substituents is 1. The van der Waals surface area contributed by atoms with Gasteiger partial charge < -0.3 is 4.74 Å². The Balaban J connectivity index is 1.58. The van der Waals surface area contributed by atoms with Gasteiger partial charge in [-0.3, -0.25) is 10.1 Å². The van der Waals surface area contributed by atoms with Crippen LogP contribution in [0.4, 0.5) is 5.69 Å². The molecule has 3 heterocycles. The van der Waals surface area contributed by atoms with Crippen LogP contribution in [0.2, 0.25) is 0 Å². The molecule has 0 radical (unpaired) electrons. The molecule has 140 valence electrons. The molecule has 2 aromatic carbocycles. The summed E-state index contributed by atoms with van der Waals surface area (Å²) in [7, 11) is 0. The Morgan fingerprint density at radius 2 is 2.04 bits per heavy atom. The molecule has 0 fully saturated rings. The van der Waals surface area contributed by atoms with Crippen LogP contribution in [-0.2, 0) is 0 Å². The number of hydrogen-bond donors (Lipinski definition) is 0. The Labute approximate surface area is 173 Å². The van der Waals surface area contributed by atoms with E-state index in [0.717, 1.165) is 38.4 Å². The highest BCUT2D eigenvalue weighted by molar-refractivity contribution is 9.10. The summed E-state index contributed by atoms with van der Waals surface area (Å²) in [5.41, 5.74) is 3.01. The van der Waals surface area contributed by atoms with E-state index in [1.54, 1.807) is 23.5 Å². The minimum Gasteiger partial charge on any atom is -0.464 e. The standard InChI is InChI=1S/C20H14BrN3O3S/c21-13-5-8-18-15(10-13)17-11-16(19-2-1-9-28-19)22-23(17)20(27-18)12-3-6-14(7-4-12)24(25)26/h1-10,17,20H,11H2/t17-,20-/m1/s1. The number of halogens is 1. The Hall–Kier alpha value is -2.71. The van der Waals surface area contributed by atoms with Gasteiger partial charge in [-0.25, -0.2) is 5.01 Å². The quantitative estimate of drug-likeness (QED) is 0.377. The molecule has 0 spiro atoms. The van der Waals surface area contributed by atoms with Crippen LogP contribution in [0.5, 0.6) is 5.75 Å². The van der Waals surface area contributed by atoms with E-state index in [1.165, 1.54) is 12.1 Å². The summed E-state index contributed by atoms with van der Waals surface area (Å²) in [6, 6.07) is 16.6. The maximum absolute atomic E-state index is 11.0. The van der Waals surface area contributed by atoms with Crippen molar-refractivity contribution in [1.29, 1.82) is 0 Å². The van der Waals surface area contributed by atoms with Crippen molar-refractivity contribution in [3.63, 3.8) is 0 Å². The molecule has 2 aliphatic rings. The summed E-state index contributed by atoms with van der Waals surface area (Å²) in [4.78, 5) is 11.7. The molecule has 1 aromatic heterocycles. The van der Waals surface area contributed by atoms with Crippen LogP contribution in [0.1, 0.15) is 34.7 Å². The lowest BCUT2D eigenvalue weighted by Crippen LogP contribution is -2.33. The first-order valence-electron chi connectivity index (χ1n) is 8.70. The lowest BCUT2D eigenvalue weighted by molar-refractivity contribution is -0.384. The molecule has 28 heavy (non-hydrogen) atoms. The molecule has 0 N–H and O–H groups in total. The van der Waals surface area contributed by atoms with E-state index >= 15 is 0 Å². The summed E-state index contributed by atoms with van der Waals surface area (Å²) in [6.45, 7) is 0. The van der Waals surface area contributed by atoms with Crippen LogP contribution >= 0.6 is 27.3 Å². The number of fused-ring (bicyclic) bond motifs is 3. The fraction of sp³-hybridized carbons (Fsp3) is 0.150. The third-order valence-corrected chi connectivity index (χ3v) is 6.36. The van der Waals surface area contributed by atoms with Gasteiger partial charge in [-0.2, -0.15) is 5.10 Å². The second kappa shape index (κ2) is 6.72. The number of nitro benzene ring substituents is 1. The van der Waals surface area contributed by atoms with Crippen molar-refractivity contribution < 1.29 is 9.66 Å². The van der Waals surface area contributed by atoms with Crippen molar-refractivity contribution in [3.8, 4) is 5.75 Å². The first-order valence-corrected chi connectivity index (χ1v) is 10.4. The smallest absolute Gasteiger partial charge is 0.269 e. The highest BCUT2D eigenvalue weighted by Crippen LogP contribution is 2.48. The molecule has 2 atom stereocenters. The fourth-order valence-electron chi connectivity index (χ4n) is 3.63. The first-order chi connectivity index (χ1) is 13.6. The lowest BCUT2D eigenvalue weighted by atomic mass is 9.97. The largest absolute Gasteiger partial charge is 0.464 e. The third kappa shape index (κ3) is 2.89. The molecular weight excluding hydrogens is 442 g/mol. The van der Waals surface area contributed by atoms with Crippen molar-refractivity contribution in [1.82, 2.24) is 5.01 Å².